The molecule has 9 heteroatoms. The van der Waals surface area contributed by atoms with Crippen molar-refractivity contribution in [2.75, 3.05) is 25.4 Å². The van der Waals surface area contributed by atoms with E-state index in [1.807, 2.05) is 0 Å². The Morgan fingerprint density at radius 3 is 3.00 bits per heavy atom. The first-order valence-electron chi connectivity index (χ1n) is 7.46. The lowest BCUT2D eigenvalue weighted by Gasteiger charge is -2.32. The predicted octanol–water partition coefficient (Wildman–Crippen LogP) is 0.0200. The zero-order chi connectivity index (χ0) is 15.7. The Hall–Kier alpha value is -1.38. The summed E-state index contributed by atoms with van der Waals surface area (Å²) in [4.78, 5) is 14.3. The van der Waals surface area contributed by atoms with E-state index in [-0.39, 0.29) is 35.9 Å². The number of amides is 1. The van der Waals surface area contributed by atoms with Crippen LogP contribution >= 0.6 is 12.4 Å². The third kappa shape index (κ3) is 3.94. The number of hydrogen-bond acceptors (Lipinski definition) is 5. The van der Waals surface area contributed by atoms with Gasteiger partial charge in [-0.25, -0.2) is 8.42 Å². The standard InChI is InChI=1S/C14H20N4O3S.ClH/c1-10-9-15-5-4-12(10)16-14(19)11-3-2-6-18-7-8-22(20,21)17-13(11)18;/h2-3,6,10,12,15H,4-5,7-9H2,1H3,(H,16,19);1H. The summed E-state index contributed by atoms with van der Waals surface area (Å²) in [6.07, 6.45) is 5.98. The van der Waals surface area contributed by atoms with Gasteiger partial charge in [-0.3, -0.25) is 4.79 Å². The van der Waals surface area contributed by atoms with Crippen molar-refractivity contribution in [3.05, 3.63) is 23.9 Å². The number of allylic oxidation sites excluding steroid dienone is 2. The van der Waals surface area contributed by atoms with Gasteiger partial charge in [0.15, 0.2) is 5.84 Å². The molecular formula is C14H21ClN4O3S. The molecule has 3 aliphatic rings. The van der Waals surface area contributed by atoms with Crippen molar-refractivity contribution in [1.29, 1.82) is 0 Å². The quantitative estimate of drug-likeness (QED) is 0.724. The lowest BCUT2D eigenvalue weighted by atomic mass is 9.95. The van der Waals surface area contributed by atoms with Gasteiger partial charge < -0.3 is 15.5 Å². The van der Waals surface area contributed by atoms with Gasteiger partial charge in [0.05, 0.1) is 11.3 Å². The van der Waals surface area contributed by atoms with Crippen LogP contribution in [0.3, 0.4) is 0 Å². The number of nitrogens with zero attached hydrogens (tertiary/aromatic N) is 2. The van der Waals surface area contributed by atoms with Crippen LogP contribution in [0.2, 0.25) is 0 Å². The zero-order valence-electron chi connectivity index (χ0n) is 12.9. The minimum Gasteiger partial charge on any atom is -0.349 e. The monoisotopic (exact) mass is 360 g/mol. The molecule has 0 aliphatic carbocycles. The average Bonchev–Trinajstić information content (AvgIpc) is 2.48. The third-order valence-corrected chi connectivity index (χ3v) is 5.35. The molecule has 0 saturated carbocycles. The molecule has 3 rings (SSSR count). The first kappa shape index (κ1) is 18.0. The molecule has 3 aliphatic heterocycles. The van der Waals surface area contributed by atoms with Crippen molar-refractivity contribution in [2.24, 2.45) is 10.3 Å². The van der Waals surface area contributed by atoms with E-state index in [2.05, 4.69) is 22.0 Å². The molecule has 7 nitrogen and oxygen atoms in total. The molecule has 128 valence electrons. The van der Waals surface area contributed by atoms with Crippen molar-refractivity contribution in [3.8, 4) is 0 Å². The maximum atomic E-state index is 12.5. The summed E-state index contributed by atoms with van der Waals surface area (Å²) in [5.74, 6) is 0.281. The maximum absolute atomic E-state index is 12.5. The van der Waals surface area contributed by atoms with Gasteiger partial charge in [-0.1, -0.05) is 6.92 Å². The molecule has 0 aromatic carbocycles. The van der Waals surface area contributed by atoms with E-state index in [0.29, 0.717) is 18.0 Å². The molecule has 0 bridgehead atoms. The van der Waals surface area contributed by atoms with Gasteiger partial charge in [-0.15, -0.1) is 16.8 Å². The van der Waals surface area contributed by atoms with E-state index in [1.165, 1.54) is 0 Å². The summed E-state index contributed by atoms with van der Waals surface area (Å²) in [6.45, 7) is 4.15. The summed E-state index contributed by atoms with van der Waals surface area (Å²) in [6, 6.07) is 0.0924. The molecule has 0 aromatic rings. The van der Waals surface area contributed by atoms with Gasteiger partial charge in [0.25, 0.3) is 15.9 Å². The maximum Gasteiger partial charge on any atom is 0.256 e. The Labute approximate surface area is 142 Å². The summed E-state index contributed by atoms with van der Waals surface area (Å²) in [5.41, 5.74) is 0.316. The van der Waals surface area contributed by atoms with Crippen molar-refractivity contribution in [1.82, 2.24) is 15.5 Å². The predicted molar refractivity (Wildman–Crippen MR) is 91.0 cm³/mol. The number of nitrogens with one attached hydrogen (secondary N) is 2. The van der Waals surface area contributed by atoms with E-state index >= 15 is 0 Å². The number of halogens is 1. The van der Waals surface area contributed by atoms with Gasteiger partial charge in [-0.05, 0) is 37.6 Å². The number of fused-ring (bicyclic) bond motifs is 1. The summed E-state index contributed by atoms with van der Waals surface area (Å²) >= 11 is 0. The Morgan fingerprint density at radius 2 is 2.26 bits per heavy atom. The highest BCUT2D eigenvalue weighted by Gasteiger charge is 2.31. The van der Waals surface area contributed by atoms with Gasteiger partial charge in [0, 0.05) is 18.8 Å². The zero-order valence-corrected chi connectivity index (χ0v) is 14.5. The second-order valence-electron chi connectivity index (χ2n) is 5.87. The van der Waals surface area contributed by atoms with Crippen molar-refractivity contribution in [2.45, 2.75) is 19.4 Å². The van der Waals surface area contributed by atoms with E-state index in [1.54, 1.807) is 23.3 Å². The van der Waals surface area contributed by atoms with Crippen molar-refractivity contribution < 1.29 is 13.2 Å². The molecule has 0 radical (unpaired) electrons. The minimum absolute atomic E-state index is 0. The van der Waals surface area contributed by atoms with Gasteiger partial charge in [-0.2, -0.15) is 0 Å². The molecular weight excluding hydrogens is 340 g/mol. The highest BCUT2D eigenvalue weighted by molar-refractivity contribution is 7.90. The smallest absolute Gasteiger partial charge is 0.256 e. The summed E-state index contributed by atoms with van der Waals surface area (Å²) < 4.78 is 27.2. The van der Waals surface area contributed by atoms with Crippen LogP contribution in [0.1, 0.15) is 13.3 Å². The van der Waals surface area contributed by atoms with Gasteiger partial charge >= 0.3 is 0 Å². The fourth-order valence-corrected chi connectivity index (χ4v) is 3.85. The topological polar surface area (TPSA) is 90.9 Å². The fourth-order valence-electron chi connectivity index (χ4n) is 2.87. The van der Waals surface area contributed by atoms with Crippen molar-refractivity contribution >= 4 is 34.2 Å². The minimum atomic E-state index is -3.48. The Balaban J connectivity index is 0.00000192. The van der Waals surface area contributed by atoms with Crippen LogP contribution in [0.5, 0.6) is 0 Å². The Kier molecular flexibility index (Phi) is 5.49. The molecule has 1 amide bonds. The first-order chi connectivity index (χ1) is 10.5. The average molecular weight is 361 g/mol. The van der Waals surface area contributed by atoms with Crippen LogP contribution in [0, 0.1) is 5.92 Å². The van der Waals surface area contributed by atoms with Crippen LogP contribution in [0.4, 0.5) is 0 Å². The van der Waals surface area contributed by atoms with Crippen LogP contribution < -0.4 is 10.6 Å². The second kappa shape index (κ2) is 7.02. The molecule has 23 heavy (non-hydrogen) atoms. The molecule has 0 aromatic heterocycles. The Bertz CT molecular complexity index is 672. The second-order valence-corrected chi connectivity index (χ2v) is 7.62. The number of rotatable bonds is 2. The summed E-state index contributed by atoms with van der Waals surface area (Å²) in [5, 5.41) is 6.30. The van der Waals surface area contributed by atoms with Crippen molar-refractivity contribution in [3.63, 3.8) is 0 Å². The molecule has 2 unspecified atom stereocenters. The highest BCUT2D eigenvalue weighted by Crippen LogP contribution is 2.19. The van der Waals surface area contributed by atoms with Crippen LogP contribution in [-0.2, 0) is 14.8 Å². The highest BCUT2D eigenvalue weighted by atomic mass is 35.5. The van der Waals surface area contributed by atoms with Crippen LogP contribution in [0.15, 0.2) is 28.3 Å². The van der Waals surface area contributed by atoms with E-state index in [4.69, 9.17) is 0 Å². The first-order valence-corrected chi connectivity index (χ1v) is 9.07. The fraction of sp³-hybridized carbons (Fsp3) is 0.571. The number of sulfonamides is 1. The number of carbonyl (C=O) groups excluding carboxylic acids is 1. The molecule has 1 saturated heterocycles. The van der Waals surface area contributed by atoms with E-state index < -0.39 is 10.0 Å². The number of amidine groups is 1. The normalized spacial score (nSPS) is 28.8. The Morgan fingerprint density at radius 1 is 1.48 bits per heavy atom. The van der Waals surface area contributed by atoms with Crippen LogP contribution in [0.25, 0.3) is 0 Å². The summed E-state index contributed by atoms with van der Waals surface area (Å²) in [7, 11) is -3.48. The molecule has 3 heterocycles. The number of carbonyl (C=O) groups is 1. The van der Waals surface area contributed by atoms with Gasteiger partial charge in [0.1, 0.15) is 0 Å². The number of piperidine rings is 1. The molecule has 1 fully saturated rings. The molecule has 2 atom stereocenters. The van der Waals surface area contributed by atoms with Gasteiger partial charge in [0.2, 0.25) is 0 Å². The largest absolute Gasteiger partial charge is 0.349 e. The molecule has 0 spiro atoms. The number of hydrogen-bond donors (Lipinski definition) is 2. The lowest BCUT2D eigenvalue weighted by molar-refractivity contribution is -0.118. The SMILES string of the molecule is CC1CNCCC1NC(=O)C1=CC=CN2CCS(=O)(=O)N=C12.Cl. The van der Waals surface area contributed by atoms with Crippen LogP contribution in [-0.4, -0.2) is 56.5 Å². The third-order valence-electron chi connectivity index (χ3n) is 4.20. The van der Waals surface area contributed by atoms with E-state index in [9.17, 15) is 13.2 Å². The van der Waals surface area contributed by atoms with E-state index in [0.717, 1.165) is 19.5 Å². The lowest BCUT2D eigenvalue weighted by Crippen LogP contribution is -2.50. The molecule has 2 N–H and O–H groups in total.